The number of carbonyl (C=O) groups is 1. The van der Waals surface area contributed by atoms with E-state index < -0.39 is 0 Å². The van der Waals surface area contributed by atoms with Gasteiger partial charge in [-0.15, -0.1) is 0 Å². The zero-order valence-electron chi connectivity index (χ0n) is 14.5. The fourth-order valence-electron chi connectivity index (χ4n) is 2.32. The largest absolute Gasteiger partial charge is 0.360 e. The lowest BCUT2D eigenvalue weighted by atomic mass is 10.1. The molecular weight excluding hydrogens is 318 g/mol. The smallest absolute Gasteiger partial charge is 0.274 e. The Labute approximate surface area is 145 Å². The third-order valence-electron chi connectivity index (χ3n) is 3.72. The average molecular weight is 337 g/mol. The van der Waals surface area contributed by atoms with Crippen LogP contribution in [0.5, 0.6) is 0 Å². The number of amides is 1. The summed E-state index contributed by atoms with van der Waals surface area (Å²) in [5.74, 6) is 1.87. The number of carbonyl (C=O) groups excluding carboxylic acids is 1. The summed E-state index contributed by atoms with van der Waals surface area (Å²) in [5.41, 5.74) is 3.28. The van der Waals surface area contributed by atoms with Crippen LogP contribution in [-0.4, -0.2) is 21.0 Å². The molecule has 3 rings (SSSR count). The molecule has 0 spiro atoms. The third-order valence-corrected chi connectivity index (χ3v) is 3.72. The van der Waals surface area contributed by atoms with Crippen molar-refractivity contribution in [2.24, 2.45) is 0 Å². The molecule has 0 aliphatic carbocycles. The van der Waals surface area contributed by atoms with E-state index in [-0.39, 0.29) is 11.6 Å². The Balaban J connectivity index is 1.81. The number of nitrogens with zero attached hydrogens (tertiary/aromatic N) is 3. The molecule has 3 aromatic rings. The molecule has 0 unspecified atom stereocenters. The summed E-state index contributed by atoms with van der Waals surface area (Å²) in [5, 5.41) is 9.72. The zero-order valence-corrected chi connectivity index (χ0v) is 14.5. The number of aryl methyl sites for hydroxylation is 4. The van der Waals surface area contributed by atoms with Gasteiger partial charge in [0.15, 0.2) is 5.82 Å². The minimum atomic E-state index is -0.298. The van der Waals surface area contributed by atoms with E-state index in [0.29, 0.717) is 23.2 Å². The van der Waals surface area contributed by atoms with Crippen molar-refractivity contribution in [3.05, 3.63) is 58.7 Å². The van der Waals surface area contributed by atoms with Gasteiger partial charge in [-0.3, -0.25) is 4.79 Å². The second-order valence-corrected chi connectivity index (χ2v) is 5.89. The summed E-state index contributed by atoms with van der Waals surface area (Å²) in [6.07, 6.45) is 0. The van der Waals surface area contributed by atoms with Crippen LogP contribution in [-0.2, 0) is 0 Å². The van der Waals surface area contributed by atoms with E-state index >= 15 is 0 Å². The molecule has 0 atom stereocenters. The topological polar surface area (TPSA) is 92.9 Å². The molecule has 0 saturated carbocycles. The first kappa shape index (κ1) is 16.6. The maximum Gasteiger partial charge on any atom is 0.274 e. The standard InChI is InChI=1S/C18H19N5O2/c1-10-5-6-14(7-11(10)2)21-18(24)15-9-16(20-13(4)19-15)22-17-8-12(3)25-23-17/h5-9H,1-4H3,(H,21,24)(H,19,20,22,23). The predicted molar refractivity (Wildman–Crippen MR) is 95.2 cm³/mol. The van der Waals surface area contributed by atoms with Crippen molar-refractivity contribution < 1.29 is 9.32 Å². The summed E-state index contributed by atoms with van der Waals surface area (Å²) in [4.78, 5) is 21.0. The van der Waals surface area contributed by atoms with E-state index in [1.807, 2.05) is 32.0 Å². The zero-order chi connectivity index (χ0) is 18.0. The second kappa shape index (κ2) is 6.72. The van der Waals surface area contributed by atoms with Gasteiger partial charge in [0.25, 0.3) is 5.91 Å². The van der Waals surface area contributed by atoms with Crippen LogP contribution < -0.4 is 10.6 Å². The molecule has 0 saturated heterocycles. The average Bonchev–Trinajstić information content (AvgIpc) is 2.95. The Kier molecular flexibility index (Phi) is 4.47. The van der Waals surface area contributed by atoms with Crippen molar-refractivity contribution in [2.75, 3.05) is 10.6 Å². The van der Waals surface area contributed by atoms with Gasteiger partial charge in [0.1, 0.15) is 23.1 Å². The number of hydrogen-bond donors (Lipinski definition) is 2. The lowest BCUT2D eigenvalue weighted by Gasteiger charge is -2.09. The first-order valence-electron chi connectivity index (χ1n) is 7.85. The molecule has 1 aromatic carbocycles. The minimum Gasteiger partial charge on any atom is -0.360 e. The lowest BCUT2D eigenvalue weighted by Crippen LogP contribution is -2.15. The monoisotopic (exact) mass is 337 g/mol. The molecular formula is C18H19N5O2. The molecule has 0 fully saturated rings. The first-order valence-corrected chi connectivity index (χ1v) is 7.85. The van der Waals surface area contributed by atoms with Crippen LogP contribution in [0.25, 0.3) is 0 Å². The summed E-state index contributed by atoms with van der Waals surface area (Å²) in [6, 6.07) is 9.08. The number of benzene rings is 1. The van der Waals surface area contributed by atoms with E-state index in [1.165, 1.54) is 5.56 Å². The third kappa shape index (κ3) is 4.00. The van der Waals surface area contributed by atoms with Gasteiger partial charge in [-0.05, 0) is 51.0 Å². The summed E-state index contributed by atoms with van der Waals surface area (Å²) < 4.78 is 5.01. The Morgan fingerprint density at radius 2 is 1.76 bits per heavy atom. The number of rotatable bonds is 4. The van der Waals surface area contributed by atoms with Gasteiger partial charge >= 0.3 is 0 Å². The van der Waals surface area contributed by atoms with Crippen LogP contribution in [0.4, 0.5) is 17.3 Å². The molecule has 0 aliphatic rings. The second-order valence-electron chi connectivity index (χ2n) is 5.89. The number of anilines is 3. The molecule has 128 valence electrons. The predicted octanol–water partition coefficient (Wildman–Crippen LogP) is 3.69. The lowest BCUT2D eigenvalue weighted by molar-refractivity contribution is 0.102. The van der Waals surface area contributed by atoms with Gasteiger partial charge in [-0.1, -0.05) is 11.2 Å². The van der Waals surface area contributed by atoms with Crippen molar-refractivity contribution >= 4 is 23.2 Å². The first-order chi connectivity index (χ1) is 11.9. The highest BCUT2D eigenvalue weighted by molar-refractivity contribution is 6.03. The minimum absolute atomic E-state index is 0.272. The van der Waals surface area contributed by atoms with Crippen LogP contribution in [0, 0.1) is 27.7 Å². The highest BCUT2D eigenvalue weighted by Crippen LogP contribution is 2.18. The van der Waals surface area contributed by atoms with Crippen molar-refractivity contribution in [1.29, 1.82) is 0 Å². The maximum absolute atomic E-state index is 12.5. The van der Waals surface area contributed by atoms with Crippen LogP contribution >= 0.6 is 0 Å². The highest BCUT2D eigenvalue weighted by Gasteiger charge is 2.12. The van der Waals surface area contributed by atoms with Gasteiger partial charge in [0, 0.05) is 17.8 Å². The van der Waals surface area contributed by atoms with Gasteiger partial charge < -0.3 is 15.2 Å². The van der Waals surface area contributed by atoms with Gasteiger partial charge in [-0.25, -0.2) is 9.97 Å². The number of hydrogen-bond acceptors (Lipinski definition) is 6. The molecule has 0 bridgehead atoms. The molecule has 25 heavy (non-hydrogen) atoms. The Hall–Kier alpha value is -3.22. The molecule has 0 radical (unpaired) electrons. The van der Waals surface area contributed by atoms with Crippen LogP contribution in [0.3, 0.4) is 0 Å². The normalized spacial score (nSPS) is 10.6. The summed E-state index contributed by atoms with van der Waals surface area (Å²) >= 11 is 0. The van der Waals surface area contributed by atoms with Gasteiger partial charge in [0.05, 0.1) is 0 Å². The molecule has 2 aromatic heterocycles. The van der Waals surface area contributed by atoms with E-state index in [1.54, 1.807) is 26.0 Å². The fraction of sp³-hybridized carbons (Fsp3) is 0.222. The number of nitrogens with one attached hydrogen (secondary N) is 2. The SMILES string of the molecule is Cc1nc(Nc2cc(C)on2)cc(C(=O)Nc2ccc(C)c(C)c2)n1. The van der Waals surface area contributed by atoms with E-state index in [0.717, 1.165) is 11.3 Å². The highest BCUT2D eigenvalue weighted by atomic mass is 16.5. The number of aromatic nitrogens is 3. The van der Waals surface area contributed by atoms with Crippen LogP contribution in [0.2, 0.25) is 0 Å². The molecule has 7 nitrogen and oxygen atoms in total. The Morgan fingerprint density at radius 3 is 2.44 bits per heavy atom. The molecule has 1 amide bonds. The van der Waals surface area contributed by atoms with Crippen molar-refractivity contribution in [3.63, 3.8) is 0 Å². The quantitative estimate of drug-likeness (QED) is 0.754. The molecule has 0 aliphatic heterocycles. The Morgan fingerprint density at radius 1 is 0.960 bits per heavy atom. The summed E-state index contributed by atoms with van der Waals surface area (Å²) in [6.45, 7) is 7.55. The van der Waals surface area contributed by atoms with Crippen LogP contribution in [0.1, 0.15) is 33.2 Å². The van der Waals surface area contributed by atoms with Crippen LogP contribution in [0.15, 0.2) is 34.9 Å². The summed E-state index contributed by atoms with van der Waals surface area (Å²) in [7, 11) is 0. The molecule has 2 N–H and O–H groups in total. The van der Waals surface area contributed by atoms with Gasteiger partial charge in [0.2, 0.25) is 0 Å². The van der Waals surface area contributed by atoms with E-state index in [9.17, 15) is 4.79 Å². The van der Waals surface area contributed by atoms with Crippen molar-refractivity contribution in [2.45, 2.75) is 27.7 Å². The van der Waals surface area contributed by atoms with Gasteiger partial charge in [-0.2, -0.15) is 0 Å². The molecule has 7 heteroatoms. The van der Waals surface area contributed by atoms with E-state index in [2.05, 4.69) is 25.8 Å². The maximum atomic E-state index is 12.5. The molecule has 2 heterocycles. The fourth-order valence-corrected chi connectivity index (χ4v) is 2.32. The van der Waals surface area contributed by atoms with Crippen molar-refractivity contribution in [3.8, 4) is 0 Å². The van der Waals surface area contributed by atoms with Crippen molar-refractivity contribution in [1.82, 2.24) is 15.1 Å². The van der Waals surface area contributed by atoms with E-state index in [4.69, 9.17) is 4.52 Å². The Bertz CT molecular complexity index is 933.